The summed E-state index contributed by atoms with van der Waals surface area (Å²) in [5.41, 5.74) is 0.977. The third kappa shape index (κ3) is 3.74. The molecule has 1 aliphatic rings. The molecule has 0 amide bonds. The van der Waals surface area contributed by atoms with Gasteiger partial charge < -0.3 is 9.84 Å². The first-order chi connectivity index (χ1) is 9.01. The predicted octanol–water partition coefficient (Wildman–Crippen LogP) is 0.308. The van der Waals surface area contributed by atoms with Crippen LogP contribution in [-0.4, -0.2) is 51.0 Å². The van der Waals surface area contributed by atoms with E-state index in [1.54, 1.807) is 12.1 Å². The SMILES string of the molecule is Cc1ccc(S(=O)(=O)ON2CCOC(CO)C2)cc1. The van der Waals surface area contributed by atoms with Crippen LogP contribution in [0, 0.1) is 6.92 Å². The summed E-state index contributed by atoms with van der Waals surface area (Å²) in [6.45, 7) is 2.62. The summed E-state index contributed by atoms with van der Waals surface area (Å²) in [5, 5.41) is 10.3. The highest BCUT2D eigenvalue weighted by Gasteiger charge is 2.26. The quantitative estimate of drug-likeness (QED) is 0.859. The van der Waals surface area contributed by atoms with Crippen LogP contribution in [-0.2, 0) is 19.1 Å². The van der Waals surface area contributed by atoms with Crippen molar-refractivity contribution < 1.29 is 22.5 Å². The Morgan fingerprint density at radius 3 is 2.74 bits per heavy atom. The molecule has 1 N–H and O–H groups in total. The summed E-state index contributed by atoms with van der Waals surface area (Å²) < 4.78 is 34.4. The van der Waals surface area contributed by atoms with Gasteiger partial charge in [0.1, 0.15) is 0 Å². The van der Waals surface area contributed by atoms with E-state index in [9.17, 15) is 8.42 Å². The minimum absolute atomic E-state index is 0.116. The Labute approximate surface area is 112 Å². The summed E-state index contributed by atoms with van der Waals surface area (Å²) in [6.07, 6.45) is -0.415. The number of rotatable bonds is 4. The van der Waals surface area contributed by atoms with Crippen molar-refractivity contribution in [3.63, 3.8) is 0 Å². The maximum absolute atomic E-state index is 12.0. The van der Waals surface area contributed by atoms with Crippen LogP contribution in [0.25, 0.3) is 0 Å². The molecule has 1 heterocycles. The molecule has 6 nitrogen and oxygen atoms in total. The molecule has 1 aliphatic heterocycles. The van der Waals surface area contributed by atoms with Gasteiger partial charge in [0.15, 0.2) is 0 Å². The maximum atomic E-state index is 12.0. The molecule has 0 spiro atoms. The molecular formula is C12H17NO5S. The van der Waals surface area contributed by atoms with Gasteiger partial charge in [0.2, 0.25) is 0 Å². The van der Waals surface area contributed by atoms with E-state index >= 15 is 0 Å². The Morgan fingerprint density at radius 2 is 2.11 bits per heavy atom. The molecule has 7 heteroatoms. The fraction of sp³-hybridized carbons (Fsp3) is 0.500. The van der Waals surface area contributed by atoms with E-state index in [1.165, 1.54) is 17.2 Å². The van der Waals surface area contributed by atoms with Crippen LogP contribution >= 0.6 is 0 Å². The number of aliphatic hydroxyl groups excluding tert-OH is 1. The van der Waals surface area contributed by atoms with Crippen molar-refractivity contribution in [2.75, 3.05) is 26.3 Å². The highest BCUT2D eigenvalue weighted by molar-refractivity contribution is 7.86. The van der Waals surface area contributed by atoms with Crippen LogP contribution in [0.2, 0.25) is 0 Å². The molecular weight excluding hydrogens is 270 g/mol. The van der Waals surface area contributed by atoms with Gasteiger partial charge in [0.25, 0.3) is 0 Å². The van der Waals surface area contributed by atoms with Gasteiger partial charge in [-0.15, -0.1) is 0 Å². The van der Waals surface area contributed by atoms with Gasteiger partial charge >= 0.3 is 10.1 Å². The van der Waals surface area contributed by atoms with Crippen molar-refractivity contribution in [2.24, 2.45) is 0 Å². The van der Waals surface area contributed by atoms with Crippen LogP contribution in [0.4, 0.5) is 0 Å². The molecule has 1 fully saturated rings. The van der Waals surface area contributed by atoms with Crippen molar-refractivity contribution >= 4 is 10.1 Å². The lowest BCUT2D eigenvalue weighted by molar-refractivity contribution is -0.152. The average molecular weight is 287 g/mol. The van der Waals surface area contributed by atoms with E-state index in [-0.39, 0.29) is 18.0 Å². The Hall–Kier alpha value is -0.990. The average Bonchev–Trinajstić information content (AvgIpc) is 2.39. The van der Waals surface area contributed by atoms with E-state index in [2.05, 4.69) is 0 Å². The summed E-state index contributed by atoms with van der Waals surface area (Å²) in [4.78, 5) is 0.116. The van der Waals surface area contributed by atoms with Gasteiger partial charge in [-0.3, -0.25) is 0 Å². The van der Waals surface area contributed by atoms with Gasteiger partial charge in [-0.1, -0.05) is 17.7 Å². The van der Waals surface area contributed by atoms with Gasteiger partial charge in [-0.2, -0.15) is 17.8 Å². The number of hydroxylamine groups is 2. The highest BCUT2D eigenvalue weighted by atomic mass is 32.2. The zero-order valence-corrected chi connectivity index (χ0v) is 11.5. The molecule has 1 saturated heterocycles. The molecule has 1 unspecified atom stereocenters. The fourth-order valence-electron chi connectivity index (χ4n) is 1.76. The van der Waals surface area contributed by atoms with Crippen molar-refractivity contribution in [3.05, 3.63) is 29.8 Å². The lowest BCUT2D eigenvalue weighted by Crippen LogP contribution is -2.44. The van der Waals surface area contributed by atoms with Crippen LogP contribution in [0.3, 0.4) is 0 Å². The van der Waals surface area contributed by atoms with Crippen LogP contribution < -0.4 is 0 Å². The maximum Gasteiger partial charge on any atom is 0.313 e. The molecule has 0 radical (unpaired) electrons. The Balaban J connectivity index is 2.06. The summed E-state index contributed by atoms with van der Waals surface area (Å²) in [6, 6.07) is 6.45. The van der Waals surface area contributed by atoms with Crippen molar-refractivity contribution in [3.8, 4) is 0 Å². The second kappa shape index (κ2) is 5.98. The minimum Gasteiger partial charge on any atom is -0.394 e. The smallest absolute Gasteiger partial charge is 0.313 e. The van der Waals surface area contributed by atoms with Gasteiger partial charge in [-0.25, -0.2) is 0 Å². The molecule has 1 aromatic rings. The highest BCUT2D eigenvalue weighted by Crippen LogP contribution is 2.16. The molecule has 1 aromatic carbocycles. The normalized spacial score (nSPS) is 21.5. The molecule has 2 rings (SSSR count). The molecule has 106 valence electrons. The zero-order valence-electron chi connectivity index (χ0n) is 10.7. The van der Waals surface area contributed by atoms with Gasteiger partial charge in [0, 0.05) is 6.54 Å². The third-order valence-corrected chi connectivity index (χ3v) is 4.07. The number of hydrogen-bond acceptors (Lipinski definition) is 6. The second-order valence-corrected chi connectivity index (χ2v) is 5.93. The van der Waals surface area contributed by atoms with E-state index in [4.69, 9.17) is 14.1 Å². The zero-order chi connectivity index (χ0) is 13.9. The summed E-state index contributed by atoms with van der Waals surface area (Å²) >= 11 is 0. The molecule has 0 aromatic heterocycles. The van der Waals surface area contributed by atoms with Crippen LogP contribution in [0.5, 0.6) is 0 Å². The number of aliphatic hydroxyl groups is 1. The fourth-order valence-corrected chi connectivity index (χ4v) is 2.73. The monoisotopic (exact) mass is 287 g/mol. The van der Waals surface area contributed by atoms with Crippen LogP contribution in [0.15, 0.2) is 29.2 Å². The number of hydrogen-bond donors (Lipinski definition) is 1. The minimum atomic E-state index is -3.82. The van der Waals surface area contributed by atoms with Crippen molar-refractivity contribution in [1.29, 1.82) is 0 Å². The number of benzene rings is 1. The van der Waals surface area contributed by atoms with E-state index in [1.807, 2.05) is 6.92 Å². The summed E-state index contributed by atoms with van der Waals surface area (Å²) in [7, 11) is -3.82. The predicted molar refractivity (Wildman–Crippen MR) is 67.8 cm³/mol. The lowest BCUT2D eigenvalue weighted by atomic mass is 10.2. The molecule has 19 heavy (non-hydrogen) atoms. The Kier molecular flexibility index (Phi) is 4.54. The standard InChI is InChI=1S/C12H17NO5S/c1-10-2-4-12(5-3-10)19(15,16)18-13-6-7-17-11(8-13)9-14/h2-5,11,14H,6-9H2,1H3. The topological polar surface area (TPSA) is 76.1 Å². The lowest BCUT2D eigenvalue weighted by Gasteiger charge is -2.30. The molecule has 0 bridgehead atoms. The largest absolute Gasteiger partial charge is 0.394 e. The Morgan fingerprint density at radius 1 is 1.42 bits per heavy atom. The van der Waals surface area contributed by atoms with Gasteiger partial charge in [-0.05, 0) is 19.1 Å². The molecule has 1 atom stereocenters. The van der Waals surface area contributed by atoms with E-state index in [0.29, 0.717) is 13.2 Å². The van der Waals surface area contributed by atoms with Crippen LogP contribution in [0.1, 0.15) is 5.56 Å². The second-order valence-electron chi connectivity index (χ2n) is 4.41. The van der Waals surface area contributed by atoms with E-state index < -0.39 is 16.2 Å². The first-order valence-corrected chi connectivity index (χ1v) is 7.41. The third-order valence-electron chi connectivity index (χ3n) is 2.82. The van der Waals surface area contributed by atoms with E-state index in [0.717, 1.165) is 5.56 Å². The van der Waals surface area contributed by atoms with Gasteiger partial charge in [0.05, 0.1) is 30.8 Å². The number of morpholine rings is 1. The molecule has 0 aliphatic carbocycles. The number of aryl methyl sites for hydroxylation is 1. The van der Waals surface area contributed by atoms with Crippen molar-refractivity contribution in [2.45, 2.75) is 17.9 Å². The van der Waals surface area contributed by atoms with Crippen molar-refractivity contribution in [1.82, 2.24) is 5.06 Å². The number of nitrogens with zero attached hydrogens (tertiary/aromatic N) is 1. The first-order valence-electron chi connectivity index (χ1n) is 6.00. The number of ether oxygens (including phenoxy) is 1. The molecule has 0 saturated carbocycles. The summed E-state index contributed by atoms with van der Waals surface area (Å²) in [5.74, 6) is 0. The first kappa shape index (κ1) is 14.4. The Bertz CT molecular complexity index is 513.